The summed E-state index contributed by atoms with van der Waals surface area (Å²) >= 11 is 1.69. The Morgan fingerprint density at radius 3 is 3.00 bits per heavy atom. The summed E-state index contributed by atoms with van der Waals surface area (Å²) in [5.41, 5.74) is 2.44. The standard InChI is InChI=1S/C16H18N2OS/c1-18(11-13-5-4-8-20-13)16(19)9-12-10-17-15-7-3-2-6-14(12)15/h2-8,12,17H,9-11H2,1H3. The van der Waals surface area contributed by atoms with Gasteiger partial charge >= 0.3 is 0 Å². The monoisotopic (exact) mass is 286 g/mol. The van der Waals surface area contributed by atoms with Crippen LogP contribution in [0.2, 0.25) is 0 Å². The first-order valence-corrected chi connectivity index (χ1v) is 7.71. The number of fused-ring (bicyclic) bond motifs is 1. The largest absolute Gasteiger partial charge is 0.384 e. The van der Waals surface area contributed by atoms with Gasteiger partial charge in [-0.1, -0.05) is 24.3 Å². The maximum Gasteiger partial charge on any atom is 0.223 e. The number of amides is 1. The topological polar surface area (TPSA) is 32.3 Å². The first-order chi connectivity index (χ1) is 9.74. The fourth-order valence-corrected chi connectivity index (χ4v) is 3.39. The van der Waals surface area contributed by atoms with Crippen LogP contribution in [0.3, 0.4) is 0 Å². The number of para-hydroxylation sites is 1. The number of anilines is 1. The van der Waals surface area contributed by atoms with Crippen LogP contribution in [-0.4, -0.2) is 24.4 Å². The van der Waals surface area contributed by atoms with Crippen LogP contribution in [0.25, 0.3) is 0 Å². The molecular formula is C16H18N2OS. The van der Waals surface area contributed by atoms with Crippen LogP contribution in [0.5, 0.6) is 0 Å². The molecule has 0 fully saturated rings. The molecule has 1 N–H and O–H groups in total. The van der Waals surface area contributed by atoms with Crippen LogP contribution in [0.1, 0.15) is 22.8 Å². The lowest BCUT2D eigenvalue weighted by Gasteiger charge is -2.18. The second-order valence-electron chi connectivity index (χ2n) is 5.20. The number of benzene rings is 1. The quantitative estimate of drug-likeness (QED) is 0.935. The fourth-order valence-electron chi connectivity index (χ4n) is 2.63. The van der Waals surface area contributed by atoms with E-state index in [1.807, 2.05) is 35.5 Å². The van der Waals surface area contributed by atoms with Crippen molar-refractivity contribution >= 4 is 22.9 Å². The Morgan fingerprint density at radius 2 is 2.20 bits per heavy atom. The maximum atomic E-state index is 12.3. The van der Waals surface area contributed by atoms with Gasteiger partial charge in [0, 0.05) is 36.5 Å². The molecule has 1 aromatic carbocycles. The summed E-state index contributed by atoms with van der Waals surface area (Å²) in [6, 6.07) is 12.4. The molecule has 1 aromatic heterocycles. The molecule has 2 heterocycles. The van der Waals surface area contributed by atoms with Gasteiger partial charge in [-0.15, -0.1) is 11.3 Å². The lowest BCUT2D eigenvalue weighted by Crippen LogP contribution is -2.27. The van der Waals surface area contributed by atoms with Crippen molar-refractivity contribution in [3.8, 4) is 0 Å². The van der Waals surface area contributed by atoms with Crippen molar-refractivity contribution in [2.24, 2.45) is 0 Å². The van der Waals surface area contributed by atoms with Crippen molar-refractivity contribution in [1.82, 2.24) is 4.90 Å². The Bertz CT molecular complexity index is 594. The van der Waals surface area contributed by atoms with E-state index in [1.54, 1.807) is 11.3 Å². The van der Waals surface area contributed by atoms with Crippen molar-refractivity contribution in [3.63, 3.8) is 0 Å². The number of carbonyl (C=O) groups excluding carboxylic acids is 1. The molecule has 20 heavy (non-hydrogen) atoms. The molecule has 3 rings (SSSR count). The van der Waals surface area contributed by atoms with Gasteiger partial charge in [0.2, 0.25) is 5.91 Å². The minimum absolute atomic E-state index is 0.210. The third-order valence-corrected chi connectivity index (χ3v) is 4.62. The highest BCUT2D eigenvalue weighted by Crippen LogP contribution is 2.33. The van der Waals surface area contributed by atoms with Crippen LogP contribution in [0.4, 0.5) is 5.69 Å². The highest BCUT2D eigenvalue weighted by atomic mass is 32.1. The van der Waals surface area contributed by atoms with Gasteiger partial charge in [-0.05, 0) is 23.1 Å². The molecule has 1 amide bonds. The molecule has 1 aliphatic heterocycles. The number of hydrogen-bond donors (Lipinski definition) is 1. The van der Waals surface area contributed by atoms with Crippen LogP contribution in [0.15, 0.2) is 41.8 Å². The molecule has 0 spiro atoms. The minimum atomic E-state index is 0.210. The van der Waals surface area contributed by atoms with Gasteiger partial charge in [0.1, 0.15) is 0 Å². The minimum Gasteiger partial charge on any atom is -0.384 e. The van der Waals surface area contributed by atoms with E-state index in [0.29, 0.717) is 18.9 Å². The third-order valence-electron chi connectivity index (χ3n) is 3.76. The van der Waals surface area contributed by atoms with E-state index in [4.69, 9.17) is 0 Å². The highest BCUT2D eigenvalue weighted by Gasteiger charge is 2.25. The van der Waals surface area contributed by atoms with Gasteiger partial charge in [-0.25, -0.2) is 0 Å². The van der Waals surface area contributed by atoms with Crippen molar-refractivity contribution < 1.29 is 4.79 Å². The average molecular weight is 286 g/mol. The molecule has 3 nitrogen and oxygen atoms in total. The number of thiophene rings is 1. The molecule has 1 atom stereocenters. The van der Waals surface area contributed by atoms with Gasteiger partial charge < -0.3 is 10.2 Å². The summed E-state index contributed by atoms with van der Waals surface area (Å²) in [5.74, 6) is 0.506. The molecule has 0 saturated carbocycles. The summed E-state index contributed by atoms with van der Waals surface area (Å²) in [4.78, 5) is 15.4. The Kier molecular flexibility index (Phi) is 3.74. The SMILES string of the molecule is CN(Cc1cccs1)C(=O)CC1CNc2ccccc21. The lowest BCUT2D eigenvalue weighted by atomic mass is 9.97. The number of hydrogen-bond acceptors (Lipinski definition) is 3. The lowest BCUT2D eigenvalue weighted by molar-refractivity contribution is -0.130. The van der Waals surface area contributed by atoms with E-state index in [-0.39, 0.29) is 5.91 Å². The fraction of sp³-hybridized carbons (Fsp3) is 0.312. The summed E-state index contributed by atoms with van der Waals surface area (Å²) in [6.07, 6.45) is 0.575. The smallest absolute Gasteiger partial charge is 0.223 e. The number of rotatable bonds is 4. The Balaban J connectivity index is 1.62. The van der Waals surface area contributed by atoms with Crippen LogP contribution in [0, 0.1) is 0 Å². The van der Waals surface area contributed by atoms with Crippen molar-refractivity contribution in [3.05, 3.63) is 52.2 Å². The van der Waals surface area contributed by atoms with Crippen LogP contribution in [-0.2, 0) is 11.3 Å². The maximum absolute atomic E-state index is 12.3. The molecule has 2 aromatic rings. The van der Waals surface area contributed by atoms with E-state index in [2.05, 4.69) is 23.5 Å². The molecule has 0 saturated heterocycles. The molecular weight excluding hydrogens is 268 g/mol. The Morgan fingerprint density at radius 1 is 1.35 bits per heavy atom. The molecule has 0 radical (unpaired) electrons. The van der Waals surface area contributed by atoms with Crippen molar-refractivity contribution in [2.75, 3.05) is 18.9 Å². The number of nitrogens with zero attached hydrogens (tertiary/aromatic N) is 1. The van der Waals surface area contributed by atoms with Crippen LogP contribution < -0.4 is 5.32 Å². The molecule has 104 valence electrons. The van der Waals surface area contributed by atoms with Gasteiger partial charge in [0.15, 0.2) is 0 Å². The summed E-state index contributed by atoms with van der Waals surface area (Å²) in [6.45, 7) is 1.57. The first kappa shape index (κ1) is 13.2. The highest BCUT2D eigenvalue weighted by molar-refractivity contribution is 7.09. The summed E-state index contributed by atoms with van der Waals surface area (Å²) in [5, 5.41) is 5.42. The predicted octanol–water partition coefficient (Wildman–Crippen LogP) is 3.31. The normalized spacial score (nSPS) is 16.6. The van der Waals surface area contributed by atoms with E-state index < -0.39 is 0 Å². The second-order valence-corrected chi connectivity index (χ2v) is 6.23. The summed E-state index contributed by atoms with van der Waals surface area (Å²) in [7, 11) is 1.89. The van der Waals surface area contributed by atoms with Gasteiger partial charge in [0.05, 0.1) is 6.54 Å². The summed E-state index contributed by atoms with van der Waals surface area (Å²) < 4.78 is 0. The van der Waals surface area contributed by atoms with Crippen LogP contribution >= 0.6 is 11.3 Å². The first-order valence-electron chi connectivity index (χ1n) is 6.83. The third kappa shape index (κ3) is 2.70. The van der Waals surface area contributed by atoms with Crippen molar-refractivity contribution in [1.29, 1.82) is 0 Å². The Labute approximate surface area is 123 Å². The number of nitrogens with one attached hydrogen (secondary N) is 1. The molecule has 1 aliphatic rings. The molecule has 0 aliphatic carbocycles. The van der Waals surface area contributed by atoms with E-state index >= 15 is 0 Å². The zero-order valence-corrected chi connectivity index (χ0v) is 12.3. The zero-order valence-electron chi connectivity index (χ0n) is 11.5. The number of carbonyl (C=O) groups is 1. The van der Waals surface area contributed by atoms with Gasteiger partial charge in [0.25, 0.3) is 0 Å². The van der Waals surface area contributed by atoms with Gasteiger partial charge in [-0.2, -0.15) is 0 Å². The Hall–Kier alpha value is -1.81. The van der Waals surface area contributed by atoms with E-state index in [9.17, 15) is 4.79 Å². The van der Waals surface area contributed by atoms with E-state index in [0.717, 1.165) is 6.54 Å². The average Bonchev–Trinajstić information content (AvgIpc) is 3.09. The molecule has 1 unspecified atom stereocenters. The molecule has 4 heteroatoms. The zero-order chi connectivity index (χ0) is 13.9. The predicted molar refractivity (Wildman–Crippen MR) is 83.1 cm³/mol. The van der Waals surface area contributed by atoms with Gasteiger partial charge in [-0.3, -0.25) is 4.79 Å². The van der Waals surface area contributed by atoms with E-state index in [1.165, 1.54) is 16.1 Å². The molecule has 0 bridgehead atoms. The van der Waals surface area contributed by atoms with Crippen molar-refractivity contribution in [2.45, 2.75) is 18.9 Å². The second kappa shape index (κ2) is 5.67.